The first-order chi connectivity index (χ1) is 11.3. The summed E-state index contributed by atoms with van der Waals surface area (Å²) in [5.41, 5.74) is 6.92. The van der Waals surface area contributed by atoms with E-state index in [4.69, 9.17) is 10.5 Å². The van der Waals surface area contributed by atoms with Crippen molar-refractivity contribution in [3.63, 3.8) is 0 Å². The number of nitrogen functional groups attached to an aromatic ring is 1. The Bertz CT molecular complexity index is 902. The zero-order chi connectivity index (χ0) is 17.6. The molecule has 0 heterocycles. The molecule has 2 N–H and O–H groups in total. The van der Waals surface area contributed by atoms with Gasteiger partial charge >= 0.3 is 5.97 Å². The molecule has 0 bridgehead atoms. The maximum Gasteiger partial charge on any atom is 0.340 e. The minimum absolute atomic E-state index is 0.0355. The molecule has 2 aromatic carbocycles. The summed E-state index contributed by atoms with van der Waals surface area (Å²) < 4.78 is 5.50. The van der Waals surface area contributed by atoms with Crippen LogP contribution in [0.3, 0.4) is 0 Å². The molecule has 0 fully saturated rings. The first-order valence-corrected chi connectivity index (χ1v) is 8.13. The molecule has 0 aromatic heterocycles. The van der Waals surface area contributed by atoms with Crippen molar-refractivity contribution < 1.29 is 19.1 Å². The van der Waals surface area contributed by atoms with Crippen LogP contribution in [0.1, 0.15) is 56.0 Å². The number of hydrogen-bond acceptors (Lipinski definition) is 5. The predicted molar refractivity (Wildman–Crippen MR) is 92.4 cm³/mol. The van der Waals surface area contributed by atoms with E-state index in [0.29, 0.717) is 10.0 Å². The lowest BCUT2D eigenvalue weighted by Gasteiger charge is -2.21. The van der Waals surface area contributed by atoms with Gasteiger partial charge in [0.05, 0.1) is 28.5 Å². The quantitative estimate of drug-likeness (QED) is 0.537. The van der Waals surface area contributed by atoms with Crippen LogP contribution in [0, 0.1) is 0 Å². The average molecular weight is 388 g/mol. The van der Waals surface area contributed by atoms with E-state index in [1.807, 2.05) is 0 Å². The summed E-state index contributed by atoms with van der Waals surface area (Å²) in [5, 5.41) is 0. The summed E-state index contributed by atoms with van der Waals surface area (Å²) in [7, 11) is 0. The van der Waals surface area contributed by atoms with E-state index in [1.54, 1.807) is 38.1 Å². The summed E-state index contributed by atoms with van der Waals surface area (Å²) in [4.78, 5) is 37.8. The number of anilines is 1. The Morgan fingerprint density at radius 1 is 1.08 bits per heavy atom. The van der Waals surface area contributed by atoms with E-state index in [9.17, 15) is 14.4 Å². The number of rotatable bonds is 2. The molecule has 0 aliphatic heterocycles. The number of nitrogens with two attached hydrogens (primary N) is 1. The molecule has 1 aliphatic rings. The molecular formula is C18H14BrNO4. The maximum atomic E-state index is 12.8. The van der Waals surface area contributed by atoms with Gasteiger partial charge in [-0.3, -0.25) is 9.59 Å². The minimum Gasteiger partial charge on any atom is -0.459 e. The molecule has 24 heavy (non-hydrogen) atoms. The number of carbonyl (C=O) groups is 3. The van der Waals surface area contributed by atoms with Gasteiger partial charge in [0, 0.05) is 15.6 Å². The normalized spacial score (nSPS) is 12.8. The van der Waals surface area contributed by atoms with E-state index >= 15 is 0 Å². The van der Waals surface area contributed by atoms with Gasteiger partial charge in [0.15, 0.2) is 11.6 Å². The SMILES string of the molecule is CC(C)OC(=O)c1cc(Br)c2c(c1N)C(=O)c1ccccc1C2=O. The summed E-state index contributed by atoms with van der Waals surface area (Å²) in [6, 6.07) is 7.97. The van der Waals surface area contributed by atoms with Crippen LogP contribution in [0.5, 0.6) is 0 Å². The van der Waals surface area contributed by atoms with E-state index in [0.717, 1.165) is 0 Å². The number of hydrogen-bond donors (Lipinski definition) is 1. The standard InChI is InChI=1S/C18H14BrNO4/c1-8(2)24-18(23)11-7-12(19)13-14(15(11)20)17(22)10-6-4-3-5-9(10)16(13)21/h3-8H,20H2,1-2H3. The molecule has 0 spiro atoms. The number of benzene rings is 2. The van der Waals surface area contributed by atoms with Gasteiger partial charge in [-0.1, -0.05) is 24.3 Å². The Balaban J connectivity index is 2.24. The van der Waals surface area contributed by atoms with Crippen molar-refractivity contribution in [2.75, 3.05) is 5.73 Å². The fourth-order valence-electron chi connectivity index (χ4n) is 2.72. The largest absolute Gasteiger partial charge is 0.459 e. The first kappa shape index (κ1) is 16.4. The Hall–Kier alpha value is -2.47. The third-order valence-corrected chi connectivity index (χ3v) is 4.38. The minimum atomic E-state index is -0.634. The van der Waals surface area contributed by atoms with Gasteiger partial charge in [0.25, 0.3) is 0 Å². The Labute approximate surface area is 146 Å². The second-order valence-electron chi connectivity index (χ2n) is 5.73. The predicted octanol–water partition coefficient (Wildman–Crippen LogP) is 3.37. The molecular weight excluding hydrogens is 374 g/mol. The maximum absolute atomic E-state index is 12.8. The first-order valence-electron chi connectivity index (χ1n) is 7.34. The van der Waals surface area contributed by atoms with Crippen LogP contribution >= 0.6 is 15.9 Å². The molecule has 6 heteroatoms. The van der Waals surface area contributed by atoms with Crippen molar-refractivity contribution >= 4 is 39.2 Å². The second kappa shape index (κ2) is 5.87. The van der Waals surface area contributed by atoms with Gasteiger partial charge in [-0.15, -0.1) is 0 Å². The molecule has 1 aliphatic carbocycles. The zero-order valence-electron chi connectivity index (χ0n) is 13.1. The fourth-order valence-corrected chi connectivity index (χ4v) is 3.33. The summed E-state index contributed by atoms with van der Waals surface area (Å²) >= 11 is 3.28. The highest BCUT2D eigenvalue weighted by atomic mass is 79.9. The van der Waals surface area contributed by atoms with Crippen LogP contribution < -0.4 is 5.73 Å². The lowest BCUT2D eigenvalue weighted by molar-refractivity contribution is 0.0379. The van der Waals surface area contributed by atoms with Crippen LogP contribution in [0.2, 0.25) is 0 Å². The number of ether oxygens (including phenoxy) is 1. The lowest BCUT2D eigenvalue weighted by Crippen LogP contribution is -2.25. The molecule has 0 amide bonds. The highest BCUT2D eigenvalue weighted by molar-refractivity contribution is 9.10. The van der Waals surface area contributed by atoms with E-state index in [-0.39, 0.29) is 45.6 Å². The van der Waals surface area contributed by atoms with Crippen molar-refractivity contribution in [1.29, 1.82) is 0 Å². The number of halogens is 1. The highest BCUT2D eigenvalue weighted by Gasteiger charge is 2.35. The average Bonchev–Trinajstić information content (AvgIpc) is 2.53. The molecule has 122 valence electrons. The van der Waals surface area contributed by atoms with E-state index in [2.05, 4.69) is 15.9 Å². The molecule has 3 rings (SSSR count). The topological polar surface area (TPSA) is 86.5 Å². The van der Waals surface area contributed by atoms with Gasteiger partial charge in [0.1, 0.15) is 0 Å². The van der Waals surface area contributed by atoms with Gasteiger partial charge in [0.2, 0.25) is 0 Å². The summed E-state index contributed by atoms with van der Waals surface area (Å²) in [6.45, 7) is 3.43. The molecule has 2 aromatic rings. The van der Waals surface area contributed by atoms with Crippen LogP contribution in [0.25, 0.3) is 0 Å². The third kappa shape index (κ3) is 2.43. The smallest absolute Gasteiger partial charge is 0.340 e. The van der Waals surface area contributed by atoms with Crippen LogP contribution in [0.15, 0.2) is 34.8 Å². The van der Waals surface area contributed by atoms with Crippen LogP contribution in [-0.2, 0) is 4.74 Å². The third-order valence-electron chi connectivity index (χ3n) is 3.75. The number of ketones is 2. The van der Waals surface area contributed by atoms with Crippen LogP contribution in [-0.4, -0.2) is 23.6 Å². The summed E-state index contributed by atoms with van der Waals surface area (Å²) in [5.74, 6) is -1.31. The Morgan fingerprint density at radius 3 is 2.17 bits per heavy atom. The van der Waals surface area contributed by atoms with E-state index < -0.39 is 5.97 Å². The lowest BCUT2D eigenvalue weighted by atomic mass is 9.82. The van der Waals surface area contributed by atoms with Gasteiger partial charge in [-0.25, -0.2) is 4.79 Å². The monoisotopic (exact) mass is 387 g/mol. The highest BCUT2D eigenvalue weighted by Crippen LogP contribution is 2.37. The molecule has 0 unspecified atom stereocenters. The molecule has 0 radical (unpaired) electrons. The fraction of sp³-hybridized carbons (Fsp3) is 0.167. The van der Waals surface area contributed by atoms with E-state index in [1.165, 1.54) is 6.07 Å². The van der Waals surface area contributed by atoms with Crippen LogP contribution in [0.4, 0.5) is 5.69 Å². The Kier molecular flexibility index (Phi) is 4.01. The molecule has 0 saturated heterocycles. The number of esters is 1. The van der Waals surface area contributed by atoms with Crippen molar-refractivity contribution in [3.8, 4) is 0 Å². The second-order valence-corrected chi connectivity index (χ2v) is 6.58. The number of fused-ring (bicyclic) bond motifs is 2. The van der Waals surface area contributed by atoms with Crippen molar-refractivity contribution in [3.05, 3.63) is 62.6 Å². The Morgan fingerprint density at radius 2 is 1.62 bits per heavy atom. The van der Waals surface area contributed by atoms with Crippen molar-refractivity contribution in [2.24, 2.45) is 0 Å². The van der Waals surface area contributed by atoms with Gasteiger partial charge in [-0.05, 0) is 35.8 Å². The van der Waals surface area contributed by atoms with Crippen molar-refractivity contribution in [1.82, 2.24) is 0 Å². The zero-order valence-corrected chi connectivity index (χ0v) is 14.6. The molecule has 0 saturated carbocycles. The molecule has 0 atom stereocenters. The van der Waals surface area contributed by atoms with Gasteiger partial charge in [-0.2, -0.15) is 0 Å². The number of carbonyl (C=O) groups excluding carboxylic acids is 3. The van der Waals surface area contributed by atoms with Crippen molar-refractivity contribution in [2.45, 2.75) is 20.0 Å². The molecule has 5 nitrogen and oxygen atoms in total. The summed E-state index contributed by atoms with van der Waals surface area (Å²) in [6.07, 6.45) is -0.329. The van der Waals surface area contributed by atoms with Gasteiger partial charge < -0.3 is 10.5 Å².